The molecule has 0 aromatic heterocycles. The molecule has 1 aliphatic heterocycles. The predicted molar refractivity (Wildman–Crippen MR) is 82.1 cm³/mol. The number of aryl methyl sites for hydroxylation is 1. The third-order valence-corrected chi connectivity index (χ3v) is 4.58. The highest BCUT2D eigenvalue weighted by Crippen LogP contribution is 2.26. The van der Waals surface area contributed by atoms with E-state index in [4.69, 9.17) is 9.84 Å². The van der Waals surface area contributed by atoms with Gasteiger partial charge in [-0.05, 0) is 19.1 Å². The van der Waals surface area contributed by atoms with E-state index < -0.39 is 5.97 Å². The minimum atomic E-state index is -0.878. The van der Waals surface area contributed by atoms with Gasteiger partial charge in [-0.2, -0.15) is 11.8 Å². The number of carboxylic acids is 1. The molecule has 0 spiro atoms. The second-order valence-corrected chi connectivity index (χ2v) is 6.18. The van der Waals surface area contributed by atoms with Crippen molar-refractivity contribution in [2.75, 3.05) is 25.2 Å². The number of thioether (sulfide) groups is 1. The van der Waals surface area contributed by atoms with Gasteiger partial charge in [0.05, 0.1) is 25.1 Å². The summed E-state index contributed by atoms with van der Waals surface area (Å²) < 4.78 is 5.26. The SMILES string of the molecule is COc1ccc(C)cc1C(=O)N1CCSCC1CC(=O)O. The van der Waals surface area contributed by atoms with E-state index in [1.807, 2.05) is 13.0 Å². The molecule has 0 aliphatic carbocycles. The van der Waals surface area contributed by atoms with Crippen molar-refractivity contribution in [1.82, 2.24) is 4.90 Å². The number of hydrogen-bond acceptors (Lipinski definition) is 4. The van der Waals surface area contributed by atoms with E-state index in [9.17, 15) is 9.59 Å². The molecule has 114 valence electrons. The molecule has 6 heteroatoms. The highest BCUT2D eigenvalue weighted by Gasteiger charge is 2.30. The molecule has 1 saturated heterocycles. The van der Waals surface area contributed by atoms with E-state index in [1.54, 1.807) is 28.8 Å². The molecule has 5 nitrogen and oxygen atoms in total. The second-order valence-electron chi connectivity index (χ2n) is 5.03. The van der Waals surface area contributed by atoms with Gasteiger partial charge in [0.1, 0.15) is 5.75 Å². The third kappa shape index (κ3) is 3.69. The molecule has 1 unspecified atom stereocenters. The maximum absolute atomic E-state index is 12.8. The second kappa shape index (κ2) is 6.85. The van der Waals surface area contributed by atoms with Crippen LogP contribution in [0.15, 0.2) is 18.2 Å². The van der Waals surface area contributed by atoms with Crippen LogP contribution in [-0.4, -0.2) is 53.1 Å². The zero-order chi connectivity index (χ0) is 15.4. The molecular weight excluding hydrogens is 290 g/mol. The molecule has 0 radical (unpaired) electrons. The van der Waals surface area contributed by atoms with E-state index in [-0.39, 0.29) is 18.4 Å². The van der Waals surface area contributed by atoms with Crippen LogP contribution in [-0.2, 0) is 4.79 Å². The quantitative estimate of drug-likeness (QED) is 0.922. The summed E-state index contributed by atoms with van der Waals surface area (Å²) in [6, 6.07) is 5.18. The van der Waals surface area contributed by atoms with Crippen LogP contribution in [0.4, 0.5) is 0 Å². The molecule has 1 N–H and O–H groups in total. The Hall–Kier alpha value is -1.69. The maximum Gasteiger partial charge on any atom is 0.305 e. The smallest absolute Gasteiger partial charge is 0.305 e. The first-order valence-electron chi connectivity index (χ1n) is 6.78. The minimum absolute atomic E-state index is 0.0210. The molecule has 1 atom stereocenters. The number of ether oxygens (including phenoxy) is 1. The topological polar surface area (TPSA) is 66.8 Å². The Balaban J connectivity index is 2.28. The molecule has 1 aromatic carbocycles. The highest BCUT2D eigenvalue weighted by atomic mass is 32.2. The van der Waals surface area contributed by atoms with Crippen LogP contribution >= 0.6 is 11.8 Å². The largest absolute Gasteiger partial charge is 0.496 e. The third-order valence-electron chi connectivity index (χ3n) is 3.48. The van der Waals surface area contributed by atoms with Gasteiger partial charge >= 0.3 is 5.97 Å². The fourth-order valence-corrected chi connectivity index (χ4v) is 3.50. The van der Waals surface area contributed by atoms with Gasteiger partial charge in [-0.25, -0.2) is 0 Å². The number of aliphatic carboxylic acids is 1. The maximum atomic E-state index is 12.8. The number of carboxylic acid groups (broad SMARTS) is 1. The molecule has 1 amide bonds. The first kappa shape index (κ1) is 15.7. The summed E-state index contributed by atoms with van der Waals surface area (Å²) in [4.78, 5) is 25.4. The number of hydrogen-bond donors (Lipinski definition) is 1. The summed E-state index contributed by atoms with van der Waals surface area (Å²) in [7, 11) is 1.53. The van der Waals surface area contributed by atoms with Gasteiger partial charge in [-0.15, -0.1) is 0 Å². The molecule has 0 bridgehead atoms. The molecule has 21 heavy (non-hydrogen) atoms. The zero-order valence-electron chi connectivity index (χ0n) is 12.2. The Kier molecular flexibility index (Phi) is 5.12. The lowest BCUT2D eigenvalue weighted by Gasteiger charge is -2.35. The number of benzene rings is 1. The first-order valence-corrected chi connectivity index (χ1v) is 7.93. The molecule has 1 heterocycles. The van der Waals surface area contributed by atoms with Gasteiger partial charge in [0.15, 0.2) is 0 Å². The zero-order valence-corrected chi connectivity index (χ0v) is 13.0. The normalized spacial score (nSPS) is 18.4. The lowest BCUT2D eigenvalue weighted by Crippen LogP contribution is -2.47. The van der Waals surface area contributed by atoms with Crippen LogP contribution in [0, 0.1) is 6.92 Å². The number of carbonyl (C=O) groups excluding carboxylic acids is 1. The average Bonchev–Trinajstić information content (AvgIpc) is 2.46. The Morgan fingerprint density at radius 2 is 2.24 bits per heavy atom. The Morgan fingerprint density at radius 1 is 1.48 bits per heavy atom. The van der Waals surface area contributed by atoms with E-state index in [0.29, 0.717) is 23.6 Å². The summed E-state index contributed by atoms with van der Waals surface area (Å²) in [5, 5.41) is 9.01. The van der Waals surface area contributed by atoms with Crippen molar-refractivity contribution < 1.29 is 19.4 Å². The standard InChI is InChI=1S/C15H19NO4S/c1-10-3-4-13(20-2)12(7-10)15(19)16-5-6-21-9-11(16)8-14(17)18/h3-4,7,11H,5-6,8-9H2,1-2H3,(H,17,18). The number of methoxy groups -OCH3 is 1. The summed E-state index contributed by atoms with van der Waals surface area (Å²) in [5.41, 5.74) is 1.47. The van der Waals surface area contributed by atoms with Crippen molar-refractivity contribution in [2.45, 2.75) is 19.4 Å². The molecule has 2 rings (SSSR count). The lowest BCUT2D eigenvalue weighted by molar-refractivity contribution is -0.138. The minimum Gasteiger partial charge on any atom is -0.496 e. The molecule has 0 saturated carbocycles. The Bertz CT molecular complexity index is 546. The van der Waals surface area contributed by atoms with Crippen molar-refractivity contribution in [3.05, 3.63) is 29.3 Å². The van der Waals surface area contributed by atoms with E-state index in [2.05, 4.69) is 0 Å². The molecular formula is C15H19NO4S. The van der Waals surface area contributed by atoms with Crippen molar-refractivity contribution in [3.8, 4) is 5.75 Å². The van der Waals surface area contributed by atoms with E-state index >= 15 is 0 Å². The van der Waals surface area contributed by atoms with E-state index in [0.717, 1.165) is 11.3 Å². The van der Waals surface area contributed by atoms with Gasteiger partial charge < -0.3 is 14.7 Å². The van der Waals surface area contributed by atoms with Crippen molar-refractivity contribution in [3.63, 3.8) is 0 Å². The number of amides is 1. The van der Waals surface area contributed by atoms with Gasteiger partial charge in [0.25, 0.3) is 5.91 Å². The van der Waals surface area contributed by atoms with Crippen molar-refractivity contribution in [2.24, 2.45) is 0 Å². The van der Waals surface area contributed by atoms with Gasteiger partial charge in [0, 0.05) is 18.1 Å². The molecule has 1 aliphatic rings. The lowest BCUT2D eigenvalue weighted by atomic mass is 10.1. The molecule has 1 fully saturated rings. The van der Waals surface area contributed by atoms with Crippen LogP contribution in [0.2, 0.25) is 0 Å². The average molecular weight is 309 g/mol. The highest BCUT2D eigenvalue weighted by molar-refractivity contribution is 7.99. The summed E-state index contributed by atoms with van der Waals surface area (Å²) in [6.07, 6.45) is -0.0210. The fourth-order valence-electron chi connectivity index (χ4n) is 2.44. The van der Waals surface area contributed by atoms with E-state index in [1.165, 1.54) is 7.11 Å². The van der Waals surface area contributed by atoms with Crippen molar-refractivity contribution >= 4 is 23.6 Å². The predicted octanol–water partition coefficient (Wildman–Crippen LogP) is 2.04. The first-order chi connectivity index (χ1) is 10.0. The fraction of sp³-hybridized carbons (Fsp3) is 0.467. The van der Waals surface area contributed by atoms with Crippen molar-refractivity contribution in [1.29, 1.82) is 0 Å². The van der Waals surface area contributed by atoms with Gasteiger partial charge in [0.2, 0.25) is 0 Å². The number of nitrogens with zero attached hydrogens (tertiary/aromatic N) is 1. The Labute approximate surface area is 128 Å². The van der Waals surface area contributed by atoms with Crippen LogP contribution in [0.25, 0.3) is 0 Å². The van der Waals surface area contributed by atoms with Crippen LogP contribution in [0.1, 0.15) is 22.3 Å². The Morgan fingerprint density at radius 3 is 2.90 bits per heavy atom. The van der Waals surface area contributed by atoms with Gasteiger partial charge in [-0.3, -0.25) is 9.59 Å². The summed E-state index contributed by atoms with van der Waals surface area (Å²) in [6.45, 7) is 2.48. The molecule has 1 aromatic rings. The van der Waals surface area contributed by atoms with Crippen LogP contribution < -0.4 is 4.74 Å². The number of rotatable bonds is 4. The summed E-state index contributed by atoms with van der Waals surface area (Å²) in [5.74, 6) is 0.985. The number of carbonyl (C=O) groups is 2. The van der Waals surface area contributed by atoms with Gasteiger partial charge in [-0.1, -0.05) is 11.6 Å². The van der Waals surface area contributed by atoms with Crippen LogP contribution in [0.3, 0.4) is 0 Å². The monoisotopic (exact) mass is 309 g/mol. The van der Waals surface area contributed by atoms with Crippen LogP contribution in [0.5, 0.6) is 5.75 Å². The summed E-state index contributed by atoms with van der Waals surface area (Å²) >= 11 is 1.69.